The van der Waals surface area contributed by atoms with Gasteiger partial charge in [0, 0.05) is 18.3 Å². The van der Waals surface area contributed by atoms with Crippen molar-refractivity contribution in [2.45, 2.75) is 13.3 Å². The lowest BCUT2D eigenvalue weighted by molar-refractivity contribution is 0.485. The third kappa shape index (κ3) is 4.57. The van der Waals surface area contributed by atoms with Gasteiger partial charge in [-0.1, -0.05) is 37.3 Å². The van der Waals surface area contributed by atoms with Gasteiger partial charge in [-0.05, 0) is 30.8 Å². The van der Waals surface area contributed by atoms with Gasteiger partial charge in [-0.2, -0.15) is 0 Å². The van der Waals surface area contributed by atoms with Gasteiger partial charge in [0.1, 0.15) is 5.75 Å². The van der Waals surface area contributed by atoms with Crippen molar-refractivity contribution < 1.29 is 4.74 Å². The smallest absolute Gasteiger partial charge is 0.187 e. The fraction of sp³-hybridized carbons (Fsp3) is 0.211. The number of aromatic nitrogens is 1. The highest BCUT2D eigenvalue weighted by Crippen LogP contribution is 2.32. The molecule has 24 heavy (non-hydrogen) atoms. The van der Waals surface area contributed by atoms with Crippen molar-refractivity contribution in [1.82, 2.24) is 10.3 Å². The maximum atomic E-state index is 5.97. The number of para-hydroxylation sites is 3. The minimum Gasteiger partial charge on any atom is -0.455 e. The molecule has 0 unspecified atom stereocenters. The zero-order valence-electron chi connectivity index (χ0n) is 13.7. The molecule has 0 atom stereocenters. The first-order chi connectivity index (χ1) is 11.8. The summed E-state index contributed by atoms with van der Waals surface area (Å²) in [6.45, 7) is 4.05. The van der Waals surface area contributed by atoms with Gasteiger partial charge in [0.15, 0.2) is 10.9 Å². The Morgan fingerprint density at radius 3 is 2.67 bits per heavy atom. The first kappa shape index (κ1) is 16.5. The number of hydrogen-bond acceptors (Lipinski definition) is 5. The summed E-state index contributed by atoms with van der Waals surface area (Å²) in [6, 6.07) is 17.7. The lowest BCUT2D eigenvalue weighted by atomic mass is 10.3. The number of ether oxygens (including phenoxy) is 1. The average molecular weight is 339 g/mol. The number of benzene rings is 2. The number of anilines is 2. The SMILES string of the molecule is CCNCCc1csc(Nc2ccccc2Oc2ccccc2)n1. The first-order valence-corrected chi connectivity index (χ1v) is 8.97. The van der Waals surface area contributed by atoms with Gasteiger partial charge in [0.05, 0.1) is 11.4 Å². The second-order valence-corrected chi connectivity index (χ2v) is 6.14. The largest absolute Gasteiger partial charge is 0.455 e. The van der Waals surface area contributed by atoms with E-state index in [1.165, 1.54) is 0 Å². The van der Waals surface area contributed by atoms with Crippen LogP contribution < -0.4 is 15.4 Å². The Hall–Kier alpha value is -2.37. The van der Waals surface area contributed by atoms with Crippen LogP contribution in [0, 0.1) is 0 Å². The van der Waals surface area contributed by atoms with Crippen molar-refractivity contribution in [3.63, 3.8) is 0 Å². The lowest BCUT2D eigenvalue weighted by Gasteiger charge is -2.11. The highest BCUT2D eigenvalue weighted by molar-refractivity contribution is 7.13. The summed E-state index contributed by atoms with van der Waals surface area (Å²) >= 11 is 1.61. The lowest BCUT2D eigenvalue weighted by Crippen LogP contribution is -2.16. The van der Waals surface area contributed by atoms with Gasteiger partial charge in [-0.3, -0.25) is 0 Å². The van der Waals surface area contributed by atoms with E-state index in [4.69, 9.17) is 4.74 Å². The summed E-state index contributed by atoms with van der Waals surface area (Å²) in [6.07, 6.45) is 0.939. The second kappa shape index (κ2) is 8.47. The van der Waals surface area contributed by atoms with Crippen LogP contribution in [0.2, 0.25) is 0 Å². The number of rotatable bonds is 8. The van der Waals surface area contributed by atoms with Crippen LogP contribution in [0.3, 0.4) is 0 Å². The predicted octanol–water partition coefficient (Wildman–Crippen LogP) is 4.83. The van der Waals surface area contributed by atoms with Crippen LogP contribution in [0.25, 0.3) is 0 Å². The Morgan fingerprint density at radius 2 is 1.83 bits per heavy atom. The van der Waals surface area contributed by atoms with Crippen LogP contribution in [0.5, 0.6) is 11.5 Å². The summed E-state index contributed by atoms with van der Waals surface area (Å²) in [7, 11) is 0. The van der Waals surface area contributed by atoms with Crippen LogP contribution in [0.15, 0.2) is 60.0 Å². The van der Waals surface area contributed by atoms with Gasteiger partial charge in [0.25, 0.3) is 0 Å². The molecule has 2 aromatic carbocycles. The molecule has 3 rings (SSSR count). The quantitative estimate of drug-likeness (QED) is 0.577. The number of thiazole rings is 1. The molecule has 0 saturated heterocycles. The molecule has 0 fully saturated rings. The van der Waals surface area contributed by atoms with E-state index >= 15 is 0 Å². The Kier molecular flexibility index (Phi) is 5.82. The number of nitrogens with one attached hydrogen (secondary N) is 2. The molecular weight excluding hydrogens is 318 g/mol. The highest BCUT2D eigenvalue weighted by Gasteiger charge is 2.07. The molecule has 0 bridgehead atoms. The third-order valence-electron chi connectivity index (χ3n) is 3.46. The van der Waals surface area contributed by atoms with Crippen LogP contribution in [-0.4, -0.2) is 18.1 Å². The summed E-state index contributed by atoms with van der Waals surface area (Å²) in [5, 5.41) is 9.66. The van der Waals surface area contributed by atoms with Crippen LogP contribution in [0.1, 0.15) is 12.6 Å². The molecule has 4 nitrogen and oxygen atoms in total. The van der Waals surface area contributed by atoms with E-state index in [0.717, 1.165) is 47.5 Å². The Labute approximate surface area is 146 Å². The predicted molar refractivity (Wildman–Crippen MR) is 101 cm³/mol. The zero-order chi connectivity index (χ0) is 16.6. The minimum atomic E-state index is 0.785. The highest BCUT2D eigenvalue weighted by atomic mass is 32.1. The van der Waals surface area contributed by atoms with E-state index in [-0.39, 0.29) is 0 Å². The standard InChI is InChI=1S/C19H21N3OS/c1-2-20-13-12-15-14-24-19(21-15)22-17-10-6-7-11-18(17)23-16-8-4-3-5-9-16/h3-11,14,20H,2,12-13H2,1H3,(H,21,22). The normalized spacial score (nSPS) is 10.5. The van der Waals surface area contributed by atoms with Crippen molar-refractivity contribution in [2.24, 2.45) is 0 Å². The van der Waals surface area contributed by atoms with Gasteiger partial charge in [0.2, 0.25) is 0 Å². The van der Waals surface area contributed by atoms with Gasteiger partial charge in [-0.25, -0.2) is 4.98 Å². The van der Waals surface area contributed by atoms with E-state index in [1.807, 2.05) is 54.6 Å². The van der Waals surface area contributed by atoms with Crippen LogP contribution in [-0.2, 0) is 6.42 Å². The fourth-order valence-electron chi connectivity index (χ4n) is 2.26. The summed E-state index contributed by atoms with van der Waals surface area (Å²) in [5.41, 5.74) is 2.01. The Morgan fingerprint density at radius 1 is 1.04 bits per heavy atom. The van der Waals surface area contributed by atoms with Gasteiger partial charge >= 0.3 is 0 Å². The van der Waals surface area contributed by atoms with E-state index in [9.17, 15) is 0 Å². The molecular formula is C19H21N3OS. The Balaban J connectivity index is 1.69. The first-order valence-electron chi connectivity index (χ1n) is 8.09. The molecule has 0 aliphatic rings. The topological polar surface area (TPSA) is 46.2 Å². The molecule has 0 aliphatic heterocycles. The average Bonchev–Trinajstić information content (AvgIpc) is 3.05. The van der Waals surface area contributed by atoms with Crippen molar-refractivity contribution in [1.29, 1.82) is 0 Å². The molecule has 3 aromatic rings. The minimum absolute atomic E-state index is 0.785. The van der Waals surface area contributed by atoms with E-state index in [1.54, 1.807) is 11.3 Å². The van der Waals surface area contributed by atoms with E-state index < -0.39 is 0 Å². The van der Waals surface area contributed by atoms with Crippen LogP contribution >= 0.6 is 11.3 Å². The van der Waals surface area contributed by atoms with Crippen molar-refractivity contribution in [3.05, 3.63) is 65.7 Å². The van der Waals surface area contributed by atoms with Gasteiger partial charge in [-0.15, -0.1) is 11.3 Å². The van der Waals surface area contributed by atoms with Crippen molar-refractivity contribution >= 4 is 22.2 Å². The Bertz CT molecular complexity index is 758. The molecule has 2 N–H and O–H groups in total. The molecule has 124 valence electrons. The maximum absolute atomic E-state index is 5.97. The zero-order valence-corrected chi connectivity index (χ0v) is 14.5. The van der Waals surface area contributed by atoms with E-state index in [2.05, 4.69) is 27.9 Å². The molecule has 0 saturated carbocycles. The van der Waals surface area contributed by atoms with Crippen LogP contribution in [0.4, 0.5) is 10.8 Å². The molecule has 0 spiro atoms. The molecule has 1 heterocycles. The van der Waals surface area contributed by atoms with Crippen molar-refractivity contribution in [3.8, 4) is 11.5 Å². The number of hydrogen-bond donors (Lipinski definition) is 2. The molecule has 5 heteroatoms. The maximum Gasteiger partial charge on any atom is 0.187 e. The number of nitrogens with zero attached hydrogens (tertiary/aromatic N) is 1. The monoisotopic (exact) mass is 339 g/mol. The second-order valence-electron chi connectivity index (χ2n) is 5.28. The molecule has 0 radical (unpaired) electrons. The third-order valence-corrected chi connectivity index (χ3v) is 4.27. The molecule has 0 amide bonds. The molecule has 0 aliphatic carbocycles. The van der Waals surface area contributed by atoms with E-state index in [0.29, 0.717) is 0 Å². The van der Waals surface area contributed by atoms with Gasteiger partial charge < -0.3 is 15.4 Å². The summed E-state index contributed by atoms with van der Waals surface area (Å²) < 4.78 is 5.97. The van der Waals surface area contributed by atoms with Crippen molar-refractivity contribution in [2.75, 3.05) is 18.4 Å². The molecule has 1 aromatic heterocycles. The number of likely N-dealkylation sites (N-methyl/N-ethyl adjacent to an activating group) is 1. The summed E-state index contributed by atoms with van der Waals surface area (Å²) in [5.74, 6) is 1.60. The summed E-state index contributed by atoms with van der Waals surface area (Å²) in [4.78, 5) is 4.64. The fourth-order valence-corrected chi connectivity index (χ4v) is 3.02.